The molecular weight excluding hydrogens is 204 g/mol. The van der Waals surface area contributed by atoms with E-state index in [1.165, 1.54) is 0 Å². The molecule has 1 aromatic heterocycles. The lowest BCUT2D eigenvalue weighted by atomic mass is 10.1. The van der Waals surface area contributed by atoms with E-state index >= 15 is 0 Å². The lowest BCUT2D eigenvalue weighted by Gasteiger charge is -2.08. The van der Waals surface area contributed by atoms with Gasteiger partial charge in [-0.05, 0) is 18.1 Å². The zero-order chi connectivity index (χ0) is 10.6. The largest absolute Gasteiger partial charge is 0.326 e. The molecule has 0 fully saturated rings. The lowest BCUT2D eigenvalue weighted by molar-refractivity contribution is 0.476. The predicted molar refractivity (Wildman–Crippen MR) is 52.3 cm³/mol. The maximum absolute atomic E-state index is 10.5. The Morgan fingerprint density at radius 3 is 2.79 bits per heavy atom. The van der Waals surface area contributed by atoms with Crippen LogP contribution in [-0.2, 0) is 16.5 Å². The van der Waals surface area contributed by atoms with Crippen molar-refractivity contribution in [3.63, 3.8) is 0 Å². The summed E-state index contributed by atoms with van der Waals surface area (Å²) in [6.45, 7) is 0. The van der Waals surface area contributed by atoms with Crippen LogP contribution in [0.2, 0.25) is 0 Å². The van der Waals surface area contributed by atoms with E-state index in [2.05, 4.69) is 4.98 Å². The molecule has 5 nitrogen and oxygen atoms in total. The molecule has 0 aliphatic heterocycles. The second-order valence-electron chi connectivity index (χ2n) is 3.07. The van der Waals surface area contributed by atoms with Crippen molar-refractivity contribution in [3.8, 4) is 0 Å². The first-order valence-corrected chi connectivity index (χ1v) is 5.68. The van der Waals surface area contributed by atoms with E-state index < -0.39 is 21.9 Å². The van der Waals surface area contributed by atoms with Crippen molar-refractivity contribution < 1.29 is 13.0 Å². The molecule has 1 aromatic rings. The van der Waals surface area contributed by atoms with Gasteiger partial charge in [-0.15, -0.1) is 0 Å². The van der Waals surface area contributed by atoms with E-state index in [4.69, 9.17) is 10.3 Å². The molecule has 0 saturated carbocycles. The maximum atomic E-state index is 10.5. The van der Waals surface area contributed by atoms with Crippen LogP contribution >= 0.6 is 0 Å². The van der Waals surface area contributed by atoms with Crippen molar-refractivity contribution >= 4 is 10.1 Å². The fraction of sp³-hybridized carbons (Fsp3) is 0.375. The first-order chi connectivity index (χ1) is 6.47. The molecule has 0 bridgehead atoms. The van der Waals surface area contributed by atoms with E-state index in [1.54, 1.807) is 24.5 Å². The molecule has 1 rings (SSSR count). The molecule has 78 valence electrons. The van der Waals surface area contributed by atoms with Crippen molar-refractivity contribution in [1.29, 1.82) is 0 Å². The summed E-state index contributed by atoms with van der Waals surface area (Å²) in [6, 6.07) is 2.95. The van der Waals surface area contributed by atoms with Crippen molar-refractivity contribution in [2.75, 3.05) is 5.75 Å². The van der Waals surface area contributed by atoms with Crippen LogP contribution in [0.1, 0.15) is 5.56 Å². The first-order valence-electron chi connectivity index (χ1n) is 4.07. The molecule has 1 heterocycles. The van der Waals surface area contributed by atoms with Crippen molar-refractivity contribution in [2.24, 2.45) is 5.73 Å². The molecule has 0 saturated heterocycles. The van der Waals surface area contributed by atoms with Gasteiger partial charge in [0.25, 0.3) is 10.1 Å². The summed E-state index contributed by atoms with van der Waals surface area (Å²) in [6.07, 6.45) is 3.62. The van der Waals surface area contributed by atoms with Gasteiger partial charge in [0.2, 0.25) is 0 Å². The smallest absolute Gasteiger partial charge is 0.266 e. The van der Waals surface area contributed by atoms with Gasteiger partial charge in [-0.25, -0.2) is 0 Å². The Bertz CT molecular complexity index is 377. The molecule has 0 radical (unpaired) electrons. The zero-order valence-corrected chi connectivity index (χ0v) is 8.31. The van der Waals surface area contributed by atoms with Gasteiger partial charge < -0.3 is 5.73 Å². The van der Waals surface area contributed by atoms with E-state index in [0.29, 0.717) is 6.42 Å². The lowest BCUT2D eigenvalue weighted by Crippen LogP contribution is -2.31. The number of pyridine rings is 1. The standard InChI is InChI=1S/C8H12N2O3S/c9-8(6-14(11,12)13)4-7-2-1-3-10-5-7/h1-3,5,8H,4,6,9H2,(H,11,12,13). The summed E-state index contributed by atoms with van der Waals surface area (Å²) in [5.41, 5.74) is 6.38. The molecule has 1 unspecified atom stereocenters. The van der Waals surface area contributed by atoms with Gasteiger partial charge in [-0.1, -0.05) is 6.07 Å². The molecule has 1 atom stereocenters. The van der Waals surface area contributed by atoms with Crippen molar-refractivity contribution in [3.05, 3.63) is 30.1 Å². The second kappa shape index (κ2) is 4.50. The maximum Gasteiger partial charge on any atom is 0.266 e. The van der Waals surface area contributed by atoms with Gasteiger partial charge in [-0.3, -0.25) is 9.54 Å². The SMILES string of the molecule is NC(Cc1cccnc1)CS(=O)(=O)O. The molecule has 0 aliphatic carbocycles. The predicted octanol–water partition coefficient (Wildman–Crippen LogP) is -0.161. The summed E-state index contributed by atoms with van der Waals surface area (Å²) < 4.78 is 29.5. The normalized spacial score (nSPS) is 13.9. The van der Waals surface area contributed by atoms with Crippen molar-refractivity contribution in [2.45, 2.75) is 12.5 Å². The van der Waals surface area contributed by atoms with Gasteiger partial charge in [0, 0.05) is 18.4 Å². The number of hydrogen-bond acceptors (Lipinski definition) is 4. The second-order valence-corrected chi connectivity index (χ2v) is 4.57. The minimum absolute atomic E-state index is 0.383. The van der Waals surface area contributed by atoms with Gasteiger partial charge in [-0.2, -0.15) is 8.42 Å². The average molecular weight is 216 g/mol. The van der Waals surface area contributed by atoms with Crippen LogP contribution in [0.4, 0.5) is 0 Å². The number of aromatic nitrogens is 1. The Balaban J connectivity index is 2.54. The fourth-order valence-electron chi connectivity index (χ4n) is 1.15. The number of hydrogen-bond donors (Lipinski definition) is 2. The quantitative estimate of drug-likeness (QED) is 0.682. The van der Waals surface area contributed by atoms with Crippen molar-refractivity contribution in [1.82, 2.24) is 4.98 Å². The minimum Gasteiger partial charge on any atom is -0.326 e. The van der Waals surface area contributed by atoms with E-state index in [9.17, 15) is 8.42 Å². The van der Waals surface area contributed by atoms with Gasteiger partial charge in [0.15, 0.2) is 0 Å². The molecule has 0 aromatic carbocycles. The molecule has 0 aliphatic rings. The van der Waals surface area contributed by atoms with Gasteiger partial charge >= 0.3 is 0 Å². The summed E-state index contributed by atoms with van der Waals surface area (Å²) in [4.78, 5) is 3.87. The topological polar surface area (TPSA) is 93.3 Å². The highest BCUT2D eigenvalue weighted by atomic mass is 32.2. The van der Waals surface area contributed by atoms with Gasteiger partial charge in [0.1, 0.15) is 0 Å². The van der Waals surface area contributed by atoms with Gasteiger partial charge in [0.05, 0.1) is 5.75 Å². The Hall–Kier alpha value is -0.980. The average Bonchev–Trinajstić information content (AvgIpc) is 2.02. The monoisotopic (exact) mass is 216 g/mol. The highest BCUT2D eigenvalue weighted by molar-refractivity contribution is 7.85. The molecule has 14 heavy (non-hydrogen) atoms. The Labute approximate surface area is 82.7 Å². The van der Waals surface area contributed by atoms with Crippen LogP contribution in [-0.4, -0.2) is 29.7 Å². The third kappa shape index (κ3) is 4.31. The Morgan fingerprint density at radius 2 is 2.29 bits per heavy atom. The first kappa shape index (κ1) is 11.1. The molecular formula is C8H12N2O3S. The van der Waals surface area contributed by atoms with E-state index in [-0.39, 0.29) is 0 Å². The third-order valence-corrected chi connectivity index (χ3v) is 2.49. The summed E-state index contributed by atoms with van der Waals surface area (Å²) in [5, 5.41) is 0. The number of nitrogens with two attached hydrogens (primary N) is 1. The Kier molecular flexibility index (Phi) is 3.56. The third-order valence-electron chi connectivity index (χ3n) is 1.65. The molecule has 6 heteroatoms. The van der Waals surface area contributed by atoms with Crippen LogP contribution < -0.4 is 5.73 Å². The summed E-state index contributed by atoms with van der Waals surface area (Å²) in [7, 11) is -3.99. The Morgan fingerprint density at radius 1 is 1.57 bits per heavy atom. The molecule has 3 N–H and O–H groups in total. The highest BCUT2D eigenvalue weighted by Gasteiger charge is 2.12. The van der Waals surface area contributed by atoms with E-state index in [0.717, 1.165) is 5.56 Å². The minimum atomic E-state index is -3.99. The van der Waals surface area contributed by atoms with Crippen LogP contribution in [0.3, 0.4) is 0 Å². The molecule has 0 spiro atoms. The van der Waals surface area contributed by atoms with Crippen LogP contribution in [0.15, 0.2) is 24.5 Å². The fourth-order valence-corrected chi connectivity index (χ4v) is 1.81. The van der Waals surface area contributed by atoms with Crippen LogP contribution in [0.5, 0.6) is 0 Å². The summed E-state index contributed by atoms with van der Waals surface area (Å²) in [5.74, 6) is -0.429. The zero-order valence-electron chi connectivity index (χ0n) is 7.50. The number of nitrogens with zero attached hydrogens (tertiary/aromatic N) is 1. The van der Waals surface area contributed by atoms with Crippen LogP contribution in [0.25, 0.3) is 0 Å². The number of rotatable bonds is 4. The van der Waals surface area contributed by atoms with E-state index in [1.807, 2.05) is 0 Å². The summed E-state index contributed by atoms with van der Waals surface area (Å²) >= 11 is 0. The van der Waals surface area contributed by atoms with Crippen LogP contribution in [0, 0.1) is 0 Å². The highest BCUT2D eigenvalue weighted by Crippen LogP contribution is 2.01. The molecule has 0 amide bonds.